The lowest BCUT2D eigenvalue weighted by atomic mass is 10.1. The summed E-state index contributed by atoms with van der Waals surface area (Å²) in [5.41, 5.74) is 0. The summed E-state index contributed by atoms with van der Waals surface area (Å²) in [5, 5.41) is 28.9. The minimum atomic E-state index is -1.43. The van der Waals surface area contributed by atoms with Crippen LogP contribution >= 0.6 is 0 Å². The summed E-state index contributed by atoms with van der Waals surface area (Å²) < 4.78 is -0.506. The van der Waals surface area contributed by atoms with Gasteiger partial charge < -0.3 is 24.6 Å². The Kier molecular flexibility index (Phi) is 11.5. The number of carboxylic acid groups (broad SMARTS) is 3. The Hall–Kier alpha value is -1.89. The number of unbranched alkanes of at least 4 members (excludes halogenated alkanes) is 6. The number of nitrogens with zero attached hydrogens (tertiary/aromatic N) is 1. The van der Waals surface area contributed by atoms with Crippen LogP contribution in [0.25, 0.3) is 0 Å². The fourth-order valence-electron chi connectivity index (χ4n) is 2.84. The lowest BCUT2D eigenvalue weighted by Gasteiger charge is -2.36. The van der Waals surface area contributed by atoms with Gasteiger partial charge in [-0.05, 0) is 32.6 Å². The molecule has 0 fully saturated rings. The molecule has 0 aromatic carbocycles. The zero-order chi connectivity index (χ0) is 18.4. The van der Waals surface area contributed by atoms with Gasteiger partial charge in [0.2, 0.25) is 0 Å². The zero-order valence-electron chi connectivity index (χ0n) is 14.4. The SMILES string of the molecule is C/C=C/CCCCCCCC[N+](CC(=O)[O-])(CC(=O)O)CC(=O)O. The molecule has 0 aliphatic heterocycles. The van der Waals surface area contributed by atoms with Crippen molar-refractivity contribution in [1.29, 1.82) is 0 Å². The molecule has 0 heterocycles. The molecule has 138 valence electrons. The fourth-order valence-corrected chi connectivity index (χ4v) is 2.84. The summed E-state index contributed by atoms with van der Waals surface area (Å²) in [6.07, 6.45) is 10.9. The van der Waals surface area contributed by atoms with Crippen LogP contribution in [0.3, 0.4) is 0 Å². The molecule has 0 aliphatic rings. The average molecular weight is 343 g/mol. The third-order valence-corrected chi connectivity index (χ3v) is 3.89. The van der Waals surface area contributed by atoms with Gasteiger partial charge in [0.25, 0.3) is 0 Å². The lowest BCUT2D eigenvalue weighted by molar-refractivity contribution is -0.909. The predicted octanol–water partition coefficient (Wildman–Crippen LogP) is 1.03. The topological polar surface area (TPSA) is 115 Å². The van der Waals surface area contributed by atoms with E-state index in [-0.39, 0.29) is 6.54 Å². The second-order valence-electron chi connectivity index (χ2n) is 6.18. The van der Waals surface area contributed by atoms with Crippen LogP contribution in [-0.4, -0.2) is 58.8 Å². The minimum absolute atomic E-state index is 0.213. The third kappa shape index (κ3) is 11.6. The van der Waals surface area contributed by atoms with Crippen LogP contribution in [0.15, 0.2) is 12.2 Å². The van der Waals surface area contributed by atoms with E-state index in [9.17, 15) is 19.5 Å². The smallest absolute Gasteiger partial charge is 0.359 e. The molecule has 0 saturated heterocycles. The van der Waals surface area contributed by atoms with Gasteiger partial charge in [0, 0.05) is 0 Å². The van der Waals surface area contributed by atoms with Crippen molar-refractivity contribution in [3.8, 4) is 0 Å². The standard InChI is InChI=1S/C17H29NO6/c1-2-3-4-5-6-7-8-9-10-11-18(12-15(19)20,13-16(21)22)14-17(23)24/h2-3H,4-14H2,1H3,(H2-,19,20,21,22,23,24)/b3-2+. The summed E-state index contributed by atoms with van der Waals surface area (Å²) in [5.74, 6) is -3.84. The van der Waals surface area contributed by atoms with E-state index in [0.29, 0.717) is 6.42 Å². The Morgan fingerprint density at radius 3 is 1.83 bits per heavy atom. The number of carboxylic acids is 3. The normalized spacial score (nSPS) is 11.7. The first-order valence-electron chi connectivity index (χ1n) is 8.41. The van der Waals surface area contributed by atoms with Crippen molar-refractivity contribution in [3.05, 3.63) is 12.2 Å². The molecule has 0 aromatic rings. The second kappa shape index (κ2) is 12.5. The molecule has 0 saturated carbocycles. The van der Waals surface area contributed by atoms with E-state index in [0.717, 1.165) is 38.5 Å². The number of rotatable bonds is 15. The van der Waals surface area contributed by atoms with Crippen molar-refractivity contribution in [2.75, 3.05) is 26.2 Å². The number of carbonyl (C=O) groups is 3. The van der Waals surface area contributed by atoms with Crippen molar-refractivity contribution in [1.82, 2.24) is 0 Å². The van der Waals surface area contributed by atoms with Gasteiger partial charge in [0.05, 0.1) is 12.5 Å². The van der Waals surface area contributed by atoms with Crippen LogP contribution in [0.5, 0.6) is 0 Å². The van der Waals surface area contributed by atoms with Crippen molar-refractivity contribution in [3.63, 3.8) is 0 Å². The van der Waals surface area contributed by atoms with Gasteiger partial charge in [-0.2, -0.15) is 0 Å². The first-order chi connectivity index (χ1) is 11.3. The molecule has 24 heavy (non-hydrogen) atoms. The predicted molar refractivity (Wildman–Crippen MR) is 87.1 cm³/mol. The largest absolute Gasteiger partial charge is 0.544 e. The van der Waals surface area contributed by atoms with Crippen LogP contribution in [0, 0.1) is 0 Å². The maximum absolute atomic E-state index is 11.0. The number of allylic oxidation sites excluding steroid dienone is 2. The van der Waals surface area contributed by atoms with Gasteiger partial charge in [-0.3, -0.25) is 0 Å². The lowest BCUT2D eigenvalue weighted by Crippen LogP contribution is -2.59. The highest BCUT2D eigenvalue weighted by Crippen LogP contribution is 2.13. The Morgan fingerprint density at radius 2 is 1.38 bits per heavy atom. The maximum atomic E-state index is 11.0. The van der Waals surface area contributed by atoms with Crippen molar-refractivity contribution in [2.45, 2.75) is 51.9 Å². The first kappa shape index (κ1) is 22.1. The number of carbonyl (C=O) groups excluding carboxylic acids is 1. The quantitative estimate of drug-likeness (QED) is 0.261. The summed E-state index contributed by atoms with van der Waals surface area (Å²) in [6, 6.07) is 0. The van der Waals surface area contributed by atoms with Crippen LogP contribution in [0.2, 0.25) is 0 Å². The summed E-state index contributed by atoms with van der Waals surface area (Å²) >= 11 is 0. The number of aliphatic carboxylic acids is 3. The molecule has 7 heteroatoms. The Bertz CT molecular complexity index is 392. The number of hydrogen-bond acceptors (Lipinski definition) is 4. The highest BCUT2D eigenvalue weighted by Gasteiger charge is 2.33. The van der Waals surface area contributed by atoms with Gasteiger partial charge in [-0.25, -0.2) is 9.59 Å². The van der Waals surface area contributed by atoms with Gasteiger partial charge in [0.15, 0.2) is 13.1 Å². The van der Waals surface area contributed by atoms with E-state index >= 15 is 0 Å². The number of hydrogen-bond donors (Lipinski definition) is 2. The molecule has 2 N–H and O–H groups in total. The maximum Gasteiger partial charge on any atom is 0.359 e. The summed E-state index contributed by atoms with van der Waals surface area (Å²) in [4.78, 5) is 32.9. The first-order valence-corrected chi connectivity index (χ1v) is 8.41. The minimum Gasteiger partial charge on any atom is -0.544 e. The number of quaternary nitrogens is 1. The van der Waals surface area contributed by atoms with Crippen molar-refractivity contribution in [2.24, 2.45) is 0 Å². The van der Waals surface area contributed by atoms with Gasteiger partial charge >= 0.3 is 11.9 Å². The van der Waals surface area contributed by atoms with Gasteiger partial charge in [-0.1, -0.05) is 31.4 Å². The van der Waals surface area contributed by atoms with Crippen molar-refractivity contribution >= 4 is 17.9 Å². The van der Waals surface area contributed by atoms with Crippen LogP contribution in [0.1, 0.15) is 51.9 Å². The molecule has 0 atom stereocenters. The van der Waals surface area contributed by atoms with E-state index in [2.05, 4.69) is 6.08 Å². The third-order valence-electron chi connectivity index (χ3n) is 3.89. The van der Waals surface area contributed by atoms with Crippen LogP contribution < -0.4 is 5.11 Å². The molecular weight excluding hydrogens is 314 g/mol. The fraction of sp³-hybridized carbons (Fsp3) is 0.706. The molecule has 0 bridgehead atoms. The van der Waals surface area contributed by atoms with E-state index in [4.69, 9.17) is 10.2 Å². The highest BCUT2D eigenvalue weighted by molar-refractivity contribution is 5.72. The van der Waals surface area contributed by atoms with E-state index < -0.39 is 42.0 Å². The Balaban J connectivity index is 4.35. The molecular formula is C17H29NO6. The zero-order valence-corrected chi connectivity index (χ0v) is 14.4. The van der Waals surface area contributed by atoms with Gasteiger partial charge in [0.1, 0.15) is 6.54 Å². The molecule has 0 aliphatic carbocycles. The Labute approximate surface area is 143 Å². The van der Waals surface area contributed by atoms with Crippen LogP contribution in [-0.2, 0) is 14.4 Å². The molecule has 0 unspecified atom stereocenters. The van der Waals surface area contributed by atoms with E-state index in [1.165, 1.54) is 0 Å². The van der Waals surface area contributed by atoms with E-state index in [1.807, 2.05) is 13.0 Å². The van der Waals surface area contributed by atoms with Crippen LogP contribution in [0.4, 0.5) is 0 Å². The molecule has 0 radical (unpaired) electrons. The summed E-state index contributed by atoms with van der Waals surface area (Å²) in [6.45, 7) is 0.561. The highest BCUT2D eigenvalue weighted by atomic mass is 16.4. The second-order valence-corrected chi connectivity index (χ2v) is 6.18. The molecule has 0 aromatic heterocycles. The molecule has 0 spiro atoms. The van der Waals surface area contributed by atoms with Gasteiger partial charge in [-0.15, -0.1) is 0 Å². The monoisotopic (exact) mass is 343 g/mol. The summed E-state index contributed by atoms with van der Waals surface area (Å²) in [7, 11) is 0. The van der Waals surface area contributed by atoms with Crippen molar-refractivity contribution < 1.29 is 34.2 Å². The molecule has 0 amide bonds. The Morgan fingerprint density at radius 1 is 0.875 bits per heavy atom. The molecule has 0 rings (SSSR count). The average Bonchev–Trinajstić information content (AvgIpc) is 2.43. The molecule has 7 nitrogen and oxygen atoms in total. The van der Waals surface area contributed by atoms with E-state index in [1.54, 1.807) is 0 Å².